The number of ether oxygens (including phenoxy) is 1. The molecule has 0 spiro atoms. The molecule has 1 saturated heterocycles. The van der Waals surface area contributed by atoms with Crippen molar-refractivity contribution in [2.24, 2.45) is 17.3 Å². The molecule has 17 heavy (non-hydrogen) atoms. The van der Waals surface area contributed by atoms with Gasteiger partial charge in [0.1, 0.15) is 0 Å². The van der Waals surface area contributed by atoms with Crippen molar-refractivity contribution in [1.82, 2.24) is 5.32 Å². The van der Waals surface area contributed by atoms with Gasteiger partial charge in [0.2, 0.25) is 0 Å². The molecule has 1 aliphatic rings. The van der Waals surface area contributed by atoms with Crippen molar-refractivity contribution < 1.29 is 4.74 Å². The van der Waals surface area contributed by atoms with Gasteiger partial charge >= 0.3 is 0 Å². The van der Waals surface area contributed by atoms with Gasteiger partial charge in [0, 0.05) is 12.6 Å². The lowest BCUT2D eigenvalue weighted by Crippen LogP contribution is -2.42. The van der Waals surface area contributed by atoms with Crippen LogP contribution in [0, 0.1) is 17.3 Å². The first-order chi connectivity index (χ1) is 7.95. The van der Waals surface area contributed by atoms with E-state index in [-0.39, 0.29) is 0 Å². The maximum Gasteiger partial charge on any atom is 0.0509 e. The van der Waals surface area contributed by atoms with E-state index >= 15 is 0 Å². The lowest BCUT2D eigenvalue weighted by atomic mass is 9.76. The standard InChI is InChI=1S/C15H31NO/c1-6-16-14(10-12(2)15(3,4)5)13-8-7-9-17-11-13/h12-14,16H,6-11H2,1-5H3. The summed E-state index contributed by atoms with van der Waals surface area (Å²) in [6.07, 6.45) is 3.83. The molecule has 1 heterocycles. The second kappa shape index (κ2) is 6.75. The largest absolute Gasteiger partial charge is 0.381 e. The smallest absolute Gasteiger partial charge is 0.0509 e. The Hall–Kier alpha value is -0.0800. The number of rotatable bonds is 5. The predicted octanol–water partition coefficient (Wildman–Crippen LogP) is 3.46. The van der Waals surface area contributed by atoms with Gasteiger partial charge in [-0.3, -0.25) is 0 Å². The normalized spacial score (nSPS) is 25.6. The quantitative estimate of drug-likeness (QED) is 0.796. The summed E-state index contributed by atoms with van der Waals surface area (Å²) in [6, 6.07) is 0.634. The zero-order chi connectivity index (χ0) is 12.9. The highest BCUT2D eigenvalue weighted by atomic mass is 16.5. The third-order valence-electron chi connectivity index (χ3n) is 4.32. The van der Waals surface area contributed by atoms with Gasteiger partial charge in [0.15, 0.2) is 0 Å². The molecule has 0 saturated carbocycles. The summed E-state index contributed by atoms with van der Waals surface area (Å²) in [5.41, 5.74) is 0.406. The van der Waals surface area contributed by atoms with Crippen molar-refractivity contribution in [3.63, 3.8) is 0 Å². The average molecular weight is 241 g/mol. The van der Waals surface area contributed by atoms with E-state index in [0.717, 1.165) is 25.7 Å². The summed E-state index contributed by atoms with van der Waals surface area (Å²) < 4.78 is 5.64. The van der Waals surface area contributed by atoms with E-state index in [1.807, 2.05) is 0 Å². The molecule has 0 amide bonds. The fourth-order valence-corrected chi connectivity index (χ4v) is 2.52. The first kappa shape index (κ1) is 15.0. The van der Waals surface area contributed by atoms with E-state index in [2.05, 4.69) is 39.9 Å². The Labute approximate surface area is 108 Å². The number of hydrogen-bond acceptors (Lipinski definition) is 2. The third kappa shape index (κ3) is 4.97. The molecule has 3 atom stereocenters. The topological polar surface area (TPSA) is 21.3 Å². The highest BCUT2D eigenvalue weighted by Gasteiger charge is 2.29. The summed E-state index contributed by atoms with van der Waals surface area (Å²) in [5, 5.41) is 3.68. The predicted molar refractivity (Wildman–Crippen MR) is 74.2 cm³/mol. The Morgan fingerprint density at radius 3 is 2.53 bits per heavy atom. The Morgan fingerprint density at radius 1 is 1.35 bits per heavy atom. The van der Waals surface area contributed by atoms with Crippen LogP contribution in [0.1, 0.15) is 53.9 Å². The van der Waals surface area contributed by atoms with Gasteiger partial charge in [-0.05, 0) is 43.1 Å². The molecule has 1 N–H and O–H groups in total. The van der Waals surface area contributed by atoms with Crippen LogP contribution in [0.15, 0.2) is 0 Å². The zero-order valence-corrected chi connectivity index (χ0v) is 12.4. The van der Waals surface area contributed by atoms with Crippen molar-refractivity contribution in [2.75, 3.05) is 19.8 Å². The number of nitrogens with one attached hydrogen (secondary N) is 1. The molecule has 3 unspecified atom stereocenters. The van der Waals surface area contributed by atoms with E-state index in [4.69, 9.17) is 4.74 Å². The van der Waals surface area contributed by atoms with Crippen molar-refractivity contribution >= 4 is 0 Å². The maximum atomic E-state index is 5.64. The minimum atomic E-state index is 0.406. The van der Waals surface area contributed by atoms with E-state index < -0.39 is 0 Å². The average Bonchev–Trinajstić information content (AvgIpc) is 2.28. The van der Waals surface area contributed by atoms with Crippen LogP contribution < -0.4 is 5.32 Å². The first-order valence-corrected chi connectivity index (χ1v) is 7.26. The summed E-state index contributed by atoms with van der Waals surface area (Å²) >= 11 is 0. The Bertz CT molecular complexity index is 203. The Balaban J connectivity index is 2.52. The van der Waals surface area contributed by atoms with Crippen LogP contribution in [0.5, 0.6) is 0 Å². The van der Waals surface area contributed by atoms with Gasteiger partial charge < -0.3 is 10.1 Å². The Kier molecular flexibility index (Phi) is 5.94. The monoisotopic (exact) mass is 241 g/mol. The first-order valence-electron chi connectivity index (χ1n) is 7.26. The molecule has 0 radical (unpaired) electrons. The highest BCUT2D eigenvalue weighted by Crippen LogP contribution is 2.32. The van der Waals surface area contributed by atoms with Crippen LogP contribution in [0.25, 0.3) is 0 Å². The van der Waals surface area contributed by atoms with Gasteiger partial charge in [-0.1, -0.05) is 34.6 Å². The summed E-state index contributed by atoms with van der Waals surface area (Å²) in [4.78, 5) is 0. The maximum absolute atomic E-state index is 5.64. The van der Waals surface area contributed by atoms with Crippen LogP contribution in [-0.2, 0) is 4.74 Å². The van der Waals surface area contributed by atoms with Gasteiger partial charge in [0.25, 0.3) is 0 Å². The minimum Gasteiger partial charge on any atom is -0.381 e. The molecule has 2 heteroatoms. The summed E-state index contributed by atoms with van der Waals surface area (Å²) in [5.74, 6) is 1.46. The molecular formula is C15H31NO. The van der Waals surface area contributed by atoms with E-state index in [1.54, 1.807) is 0 Å². The van der Waals surface area contributed by atoms with Gasteiger partial charge in [-0.15, -0.1) is 0 Å². The fraction of sp³-hybridized carbons (Fsp3) is 1.00. The SMILES string of the molecule is CCNC(CC(C)C(C)(C)C)C1CCCOC1. The molecule has 1 aliphatic heterocycles. The minimum absolute atomic E-state index is 0.406. The van der Waals surface area contributed by atoms with E-state index in [9.17, 15) is 0 Å². The van der Waals surface area contributed by atoms with Crippen LogP contribution in [-0.4, -0.2) is 25.8 Å². The molecule has 102 valence electrons. The number of hydrogen-bond donors (Lipinski definition) is 1. The molecule has 0 aromatic carbocycles. The van der Waals surface area contributed by atoms with Crippen LogP contribution in [0.4, 0.5) is 0 Å². The lowest BCUT2D eigenvalue weighted by molar-refractivity contribution is 0.0322. The molecule has 0 aromatic rings. The van der Waals surface area contributed by atoms with Crippen LogP contribution in [0.3, 0.4) is 0 Å². The molecular weight excluding hydrogens is 210 g/mol. The second-order valence-electron chi connectivity index (χ2n) is 6.64. The zero-order valence-electron chi connectivity index (χ0n) is 12.4. The molecule has 0 bridgehead atoms. The molecule has 1 rings (SSSR count). The van der Waals surface area contributed by atoms with Crippen molar-refractivity contribution in [3.8, 4) is 0 Å². The van der Waals surface area contributed by atoms with Crippen molar-refractivity contribution in [3.05, 3.63) is 0 Å². The van der Waals surface area contributed by atoms with Gasteiger partial charge in [-0.25, -0.2) is 0 Å². The third-order valence-corrected chi connectivity index (χ3v) is 4.32. The van der Waals surface area contributed by atoms with Gasteiger partial charge in [-0.2, -0.15) is 0 Å². The molecule has 0 aliphatic carbocycles. The van der Waals surface area contributed by atoms with Crippen molar-refractivity contribution in [2.45, 2.75) is 59.9 Å². The molecule has 1 fully saturated rings. The summed E-state index contributed by atoms with van der Waals surface area (Å²) in [7, 11) is 0. The van der Waals surface area contributed by atoms with Crippen LogP contribution in [0.2, 0.25) is 0 Å². The van der Waals surface area contributed by atoms with Crippen molar-refractivity contribution in [1.29, 1.82) is 0 Å². The lowest BCUT2D eigenvalue weighted by Gasteiger charge is -2.36. The summed E-state index contributed by atoms with van der Waals surface area (Å²) in [6.45, 7) is 14.6. The molecule has 2 nitrogen and oxygen atoms in total. The van der Waals surface area contributed by atoms with Gasteiger partial charge in [0.05, 0.1) is 6.61 Å². The fourth-order valence-electron chi connectivity index (χ4n) is 2.52. The van der Waals surface area contributed by atoms with E-state index in [0.29, 0.717) is 17.4 Å². The molecule has 0 aromatic heterocycles. The van der Waals surface area contributed by atoms with Crippen LogP contribution >= 0.6 is 0 Å². The van der Waals surface area contributed by atoms with E-state index in [1.165, 1.54) is 19.3 Å². The highest BCUT2D eigenvalue weighted by molar-refractivity contribution is 4.83. The second-order valence-corrected chi connectivity index (χ2v) is 6.64. The Morgan fingerprint density at radius 2 is 2.06 bits per heavy atom.